The summed E-state index contributed by atoms with van der Waals surface area (Å²) in [6.07, 6.45) is -0.319. The minimum Gasteiger partial charge on any atom is -0.477 e. The maximum Gasteiger partial charge on any atom is 0.238 e. The highest BCUT2D eigenvalue weighted by Gasteiger charge is 2.25. The fourth-order valence-corrected chi connectivity index (χ4v) is 2.30. The van der Waals surface area contributed by atoms with Crippen molar-refractivity contribution in [3.05, 3.63) is 54.2 Å². The van der Waals surface area contributed by atoms with Gasteiger partial charge in [0.05, 0.1) is 12.2 Å². The summed E-state index contributed by atoms with van der Waals surface area (Å²) in [6.45, 7) is 0.562. The largest absolute Gasteiger partial charge is 0.477 e. The normalized spacial score (nSPS) is 17.4. The third kappa shape index (κ3) is 1.79. The van der Waals surface area contributed by atoms with Crippen LogP contribution in [-0.4, -0.2) is 11.5 Å². The molecule has 2 aromatic carbocycles. The van der Waals surface area contributed by atoms with E-state index in [4.69, 9.17) is 9.15 Å². The Morgan fingerprint density at radius 3 is 3.05 bits per heavy atom. The predicted molar refractivity (Wildman–Crippen MR) is 72.3 cm³/mol. The standard InChI is InChI=1S/C15H11FN2O2/c16-9-5-6-11-13(7-9)20-15(18-11)14-8-17-10-3-1-2-4-12(10)19-14/h1-7,14,17H,8H2. The molecule has 0 saturated heterocycles. The molecule has 0 bridgehead atoms. The van der Waals surface area contributed by atoms with Crippen LogP contribution in [0.1, 0.15) is 12.0 Å². The van der Waals surface area contributed by atoms with Crippen LogP contribution in [-0.2, 0) is 0 Å². The number of halogens is 1. The first-order chi connectivity index (χ1) is 9.79. The van der Waals surface area contributed by atoms with Gasteiger partial charge in [-0.25, -0.2) is 9.37 Å². The van der Waals surface area contributed by atoms with Gasteiger partial charge in [0.25, 0.3) is 0 Å². The van der Waals surface area contributed by atoms with Crippen molar-refractivity contribution in [1.82, 2.24) is 4.98 Å². The number of ether oxygens (including phenoxy) is 1. The number of benzene rings is 2. The summed E-state index contributed by atoms with van der Waals surface area (Å²) in [4.78, 5) is 4.35. The van der Waals surface area contributed by atoms with Gasteiger partial charge in [-0.05, 0) is 24.3 Å². The molecule has 20 heavy (non-hydrogen) atoms. The van der Waals surface area contributed by atoms with Crippen LogP contribution in [0.3, 0.4) is 0 Å². The van der Waals surface area contributed by atoms with Gasteiger partial charge in [-0.2, -0.15) is 0 Å². The number of nitrogens with zero attached hydrogens (tertiary/aromatic N) is 1. The molecule has 1 aliphatic rings. The van der Waals surface area contributed by atoms with E-state index >= 15 is 0 Å². The van der Waals surface area contributed by atoms with Gasteiger partial charge < -0.3 is 14.5 Å². The second-order valence-electron chi connectivity index (χ2n) is 4.65. The molecule has 0 spiro atoms. The Bertz CT molecular complexity index is 784. The molecule has 0 aliphatic carbocycles. The molecule has 0 radical (unpaired) electrons. The third-order valence-corrected chi connectivity index (χ3v) is 3.28. The van der Waals surface area contributed by atoms with Crippen molar-refractivity contribution < 1.29 is 13.5 Å². The number of hydrogen-bond acceptors (Lipinski definition) is 4. The number of para-hydroxylation sites is 2. The van der Waals surface area contributed by atoms with Crippen LogP contribution in [0, 0.1) is 5.82 Å². The zero-order valence-electron chi connectivity index (χ0n) is 10.5. The highest BCUT2D eigenvalue weighted by Crippen LogP contribution is 2.34. The van der Waals surface area contributed by atoms with E-state index in [1.165, 1.54) is 12.1 Å². The van der Waals surface area contributed by atoms with Crippen molar-refractivity contribution in [2.75, 3.05) is 11.9 Å². The lowest BCUT2D eigenvalue weighted by atomic mass is 10.2. The lowest BCUT2D eigenvalue weighted by Gasteiger charge is -2.25. The predicted octanol–water partition coefficient (Wildman–Crippen LogP) is 3.51. The van der Waals surface area contributed by atoms with Gasteiger partial charge in [0.1, 0.15) is 17.1 Å². The van der Waals surface area contributed by atoms with E-state index in [2.05, 4.69) is 10.3 Å². The summed E-state index contributed by atoms with van der Waals surface area (Å²) >= 11 is 0. The molecule has 1 aromatic heterocycles. The minimum atomic E-state index is -0.340. The summed E-state index contributed by atoms with van der Waals surface area (Å²) in [7, 11) is 0. The number of aromatic nitrogens is 1. The fourth-order valence-electron chi connectivity index (χ4n) is 2.30. The van der Waals surface area contributed by atoms with E-state index < -0.39 is 0 Å². The molecular formula is C15H11FN2O2. The molecule has 5 heteroatoms. The number of oxazole rings is 1. The Labute approximate surface area is 114 Å². The highest BCUT2D eigenvalue weighted by atomic mass is 19.1. The Balaban J connectivity index is 1.70. The molecular weight excluding hydrogens is 259 g/mol. The first-order valence-electron chi connectivity index (χ1n) is 6.35. The molecule has 4 rings (SSSR count). The van der Waals surface area contributed by atoms with Crippen molar-refractivity contribution in [2.24, 2.45) is 0 Å². The van der Waals surface area contributed by atoms with Crippen LogP contribution in [0.5, 0.6) is 5.75 Å². The lowest BCUT2D eigenvalue weighted by Crippen LogP contribution is -2.23. The summed E-state index contributed by atoms with van der Waals surface area (Å²) in [5.74, 6) is 0.873. The van der Waals surface area contributed by atoms with E-state index in [0.717, 1.165) is 11.4 Å². The van der Waals surface area contributed by atoms with Crippen molar-refractivity contribution in [1.29, 1.82) is 0 Å². The minimum absolute atomic E-state index is 0.319. The summed E-state index contributed by atoms with van der Waals surface area (Å²) in [5, 5.41) is 3.27. The van der Waals surface area contributed by atoms with Crippen LogP contribution in [0.15, 0.2) is 46.9 Å². The second kappa shape index (κ2) is 4.23. The molecule has 1 atom stereocenters. The van der Waals surface area contributed by atoms with Gasteiger partial charge in [-0.15, -0.1) is 0 Å². The van der Waals surface area contributed by atoms with Gasteiger partial charge in [0.15, 0.2) is 11.7 Å². The Kier molecular flexibility index (Phi) is 2.39. The van der Waals surface area contributed by atoms with Crippen LogP contribution >= 0.6 is 0 Å². The van der Waals surface area contributed by atoms with Crippen molar-refractivity contribution in [3.63, 3.8) is 0 Å². The van der Waals surface area contributed by atoms with Gasteiger partial charge in [-0.3, -0.25) is 0 Å². The smallest absolute Gasteiger partial charge is 0.238 e. The summed E-state index contributed by atoms with van der Waals surface area (Å²) < 4.78 is 24.6. The molecule has 1 N–H and O–H groups in total. The van der Waals surface area contributed by atoms with Gasteiger partial charge in [0, 0.05) is 6.07 Å². The number of nitrogens with one attached hydrogen (secondary N) is 1. The zero-order valence-corrected chi connectivity index (χ0v) is 10.5. The van der Waals surface area contributed by atoms with Crippen LogP contribution in [0.4, 0.5) is 10.1 Å². The van der Waals surface area contributed by atoms with Crippen molar-refractivity contribution in [3.8, 4) is 5.75 Å². The average molecular weight is 270 g/mol. The Morgan fingerprint density at radius 2 is 2.10 bits per heavy atom. The topological polar surface area (TPSA) is 47.3 Å². The van der Waals surface area contributed by atoms with E-state index in [1.807, 2.05) is 24.3 Å². The highest BCUT2D eigenvalue weighted by molar-refractivity contribution is 5.72. The first kappa shape index (κ1) is 11.3. The monoisotopic (exact) mass is 270 g/mol. The van der Waals surface area contributed by atoms with Gasteiger partial charge >= 0.3 is 0 Å². The SMILES string of the molecule is Fc1ccc2nc(C3CNc4ccccc4O3)oc2c1. The van der Waals surface area contributed by atoms with Crippen molar-refractivity contribution >= 4 is 16.8 Å². The zero-order chi connectivity index (χ0) is 13.5. The number of anilines is 1. The van der Waals surface area contributed by atoms with Gasteiger partial charge in [-0.1, -0.05) is 12.1 Å². The maximum absolute atomic E-state index is 13.2. The van der Waals surface area contributed by atoms with Crippen molar-refractivity contribution in [2.45, 2.75) is 6.10 Å². The van der Waals surface area contributed by atoms with E-state index in [1.54, 1.807) is 6.07 Å². The summed E-state index contributed by atoms with van der Waals surface area (Å²) in [6, 6.07) is 12.0. The molecule has 2 heterocycles. The molecule has 0 saturated carbocycles. The quantitative estimate of drug-likeness (QED) is 0.735. The van der Waals surface area contributed by atoms with Crippen LogP contribution < -0.4 is 10.1 Å². The van der Waals surface area contributed by atoms with Gasteiger partial charge in [0.2, 0.25) is 5.89 Å². The number of fused-ring (bicyclic) bond motifs is 2. The molecule has 0 fully saturated rings. The molecule has 3 aromatic rings. The fraction of sp³-hybridized carbons (Fsp3) is 0.133. The van der Waals surface area contributed by atoms with E-state index in [9.17, 15) is 4.39 Å². The summed E-state index contributed by atoms with van der Waals surface area (Å²) in [5.41, 5.74) is 2.01. The first-order valence-corrected chi connectivity index (χ1v) is 6.35. The Hall–Kier alpha value is -2.56. The number of hydrogen-bond donors (Lipinski definition) is 1. The molecule has 1 unspecified atom stereocenters. The molecule has 0 amide bonds. The van der Waals surface area contributed by atoms with E-state index in [0.29, 0.717) is 23.5 Å². The molecule has 1 aliphatic heterocycles. The third-order valence-electron chi connectivity index (χ3n) is 3.28. The Morgan fingerprint density at radius 1 is 1.20 bits per heavy atom. The van der Waals surface area contributed by atoms with E-state index in [-0.39, 0.29) is 11.9 Å². The number of rotatable bonds is 1. The molecule has 100 valence electrons. The molecule has 4 nitrogen and oxygen atoms in total. The van der Waals surface area contributed by atoms with Crippen LogP contribution in [0.2, 0.25) is 0 Å². The average Bonchev–Trinajstić information content (AvgIpc) is 2.89. The lowest BCUT2D eigenvalue weighted by molar-refractivity contribution is 0.177. The van der Waals surface area contributed by atoms with Crippen LogP contribution in [0.25, 0.3) is 11.1 Å². The second-order valence-corrected chi connectivity index (χ2v) is 4.65. The maximum atomic E-state index is 13.2.